The second kappa shape index (κ2) is 6.64. The van der Waals surface area contributed by atoms with Crippen LogP contribution in [0.5, 0.6) is 0 Å². The van der Waals surface area contributed by atoms with E-state index in [-0.39, 0.29) is 11.0 Å². The van der Waals surface area contributed by atoms with Crippen molar-refractivity contribution in [1.82, 2.24) is 19.6 Å². The van der Waals surface area contributed by atoms with Crippen LogP contribution in [-0.4, -0.2) is 39.2 Å². The Morgan fingerprint density at radius 1 is 1.15 bits per heavy atom. The number of aromatic nitrogens is 4. The van der Waals surface area contributed by atoms with Gasteiger partial charge in [-0.15, -0.1) is 5.10 Å². The Bertz CT molecular complexity index is 999. The van der Waals surface area contributed by atoms with Gasteiger partial charge >= 0.3 is 0 Å². The van der Waals surface area contributed by atoms with E-state index in [0.717, 1.165) is 31.1 Å². The van der Waals surface area contributed by atoms with Crippen LogP contribution in [0.15, 0.2) is 47.4 Å². The Morgan fingerprint density at radius 2 is 1.96 bits per heavy atom. The van der Waals surface area contributed by atoms with E-state index in [0.29, 0.717) is 17.4 Å². The molecule has 0 amide bonds. The Morgan fingerprint density at radius 3 is 2.67 bits per heavy atom. The molecule has 0 unspecified atom stereocenters. The summed E-state index contributed by atoms with van der Waals surface area (Å²) in [7, 11) is 0. The molecule has 0 saturated carbocycles. The first kappa shape index (κ1) is 17.5. The number of nitrogens with zero attached hydrogens (tertiary/aromatic N) is 5. The van der Waals surface area contributed by atoms with Crippen molar-refractivity contribution in [3.05, 3.63) is 58.6 Å². The molecule has 0 atom stereocenters. The summed E-state index contributed by atoms with van der Waals surface area (Å²) in [5.74, 6) is 2.03. The number of hydrogen-bond donors (Lipinski definition) is 1. The molecule has 4 rings (SSSR count). The lowest BCUT2D eigenvalue weighted by Gasteiger charge is -2.40. The molecular formula is C20H24N6O. The maximum atomic E-state index is 12.1. The van der Waals surface area contributed by atoms with Crippen molar-refractivity contribution in [2.45, 2.75) is 26.2 Å². The molecule has 140 valence electrons. The Hall–Kier alpha value is -2.96. The van der Waals surface area contributed by atoms with Gasteiger partial charge in [0.15, 0.2) is 5.82 Å². The van der Waals surface area contributed by atoms with Gasteiger partial charge in [-0.3, -0.25) is 9.20 Å². The van der Waals surface area contributed by atoms with Gasteiger partial charge in [0, 0.05) is 43.2 Å². The summed E-state index contributed by atoms with van der Waals surface area (Å²) in [6.07, 6.45) is 1.73. The zero-order valence-corrected chi connectivity index (χ0v) is 15.9. The third-order valence-electron chi connectivity index (χ3n) is 4.84. The molecule has 3 aromatic rings. The number of anilines is 2. The summed E-state index contributed by atoms with van der Waals surface area (Å²) >= 11 is 0. The van der Waals surface area contributed by atoms with Gasteiger partial charge in [-0.1, -0.05) is 26.8 Å². The first-order valence-corrected chi connectivity index (χ1v) is 9.22. The SMILES string of the molecule is CC(C)(C)c1ccc(N2CC(CNc3cc(=O)n4ccccc4n3)C2)nn1. The second-order valence-electron chi connectivity index (χ2n) is 8.09. The van der Waals surface area contributed by atoms with E-state index in [1.807, 2.05) is 24.3 Å². The van der Waals surface area contributed by atoms with Crippen LogP contribution >= 0.6 is 0 Å². The van der Waals surface area contributed by atoms with Crippen molar-refractivity contribution in [3.8, 4) is 0 Å². The largest absolute Gasteiger partial charge is 0.369 e. The minimum Gasteiger partial charge on any atom is -0.369 e. The van der Waals surface area contributed by atoms with Gasteiger partial charge in [0.2, 0.25) is 0 Å². The van der Waals surface area contributed by atoms with Crippen molar-refractivity contribution in [1.29, 1.82) is 0 Å². The van der Waals surface area contributed by atoms with Gasteiger partial charge in [-0.25, -0.2) is 4.98 Å². The quantitative estimate of drug-likeness (QED) is 0.766. The molecule has 3 aromatic heterocycles. The fourth-order valence-electron chi connectivity index (χ4n) is 3.17. The predicted octanol–water partition coefficient (Wildman–Crippen LogP) is 2.33. The lowest BCUT2D eigenvalue weighted by Crippen LogP contribution is -2.50. The lowest BCUT2D eigenvalue weighted by molar-refractivity contribution is 0.424. The monoisotopic (exact) mass is 364 g/mol. The van der Waals surface area contributed by atoms with Crippen LogP contribution in [0.3, 0.4) is 0 Å². The highest BCUT2D eigenvalue weighted by atomic mass is 16.1. The highest BCUT2D eigenvalue weighted by Gasteiger charge is 2.28. The number of fused-ring (bicyclic) bond motifs is 1. The molecule has 0 bridgehead atoms. The van der Waals surface area contributed by atoms with E-state index in [2.05, 4.69) is 52.2 Å². The summed E-state index contributed by atoms with van der Waals surface area (Å²) in [5, 5.41) is 12.0. The maximum absolute atomic E-state index is 12.1. The molecule has 0 aliphatic carbocycles. The number of rotatable bonds is 4. The van der Waals surface area contributed by atoms with Crippen molar-refractivity contribution in [3.63, 3.8) is 0 Å². The van der Waals surface area contributed by atoms with Gasteiger partial charge in [-0.05, 0) is 24.3 Å². The summed E-state index contributed by atoms with van der Waals surface area (Å²) < 4.78 is 1.54. The van der Waals surface area contributed by atoms with Gasteiger partial charge in [0.1, 0.15) is 11.5 Å². The molecule has 1 saturated heterocycles. The first-order chi connectivity index (χ1) is 12.9. The molecule has 4 heterocycles. The van der Waals surface area contributed by atoms with Crippen LogP contribution in [0, 0.1) is 5.92 Å². The molecule has 1 N–H and O–H groups in total. The second-order valence-corrected chi connectivity index (χ2v) is 8.09. The predicted molar refractivity (Wildman–Crippen MR) is 106 cm³/mol. The van der Waals surface area contributed by atoms with Crippen molar-refractivity contribution >= 4 is 17.3 Å². The van der Waals surface area contributed by atoms with E-state index in [1.165, 1.54) is 4.40 Å². The number of hydrogen-bond acceptors (Lipinski definition) is 6. The molecule has 1 fully saturated rings. The standard InChI is InChI=1S/C20H24N6O/c1-20(2,3)15-7-8-18(24-23-15)25-12-14(13-25)11-21-16-10-19(27)26-9-5-4-6-17(26)22-16/h4-10,14,21H,11-13H2,1-3H3. The van der Waals surface area contributed by atoms with Crippen LogP contribution in [0.1, 0.15) is 26.5 Å². The molecule has 7 nitrogen and oxygen atoms in total. The fraction of sp³-hybridized carbons (Fsp3) is 0.400. The zero-order valence-electron chi connectivity index (χ0n) is 15.9. The molecular weight excluding hydrogens is 340 g/mol. The van der Waals surface area contributed by atoms with Crippen molar-refractivity contribution in [2.24, 2.45) is 5.92 Å². The smallest absolute Gasteiger partial charge is 0.259 e. The molecule has 7 heteroatoms. The normalized spacial score (nSPS) is 15.0. The summed E-state index contributed by atoms with van der Waals surface area (Å²) in [6, 6.07) is 11.2. The van der Waals surface area contributed by atoms with E-state index >= 15 is 0 Å². The Kier molecular flexibility index (Phi) is 4.30. The van der Waals surface area contributed by atoms with Crippen LogP contribution in [-0.2, 0) is 5.41 Å². The van der Waals surface area contributed by atoms with Crippen LogP contribution in [0.25, 0.3) is 5.65 Å². The molecule has 0 radical (unpaired) electrons. The average Bonchev–Trinajstić information content (AvgIpc) is 2.60. The summed E-state index contributed by atoms with van der Waals surface area (Å²) in [5.41, 5.74) is 1.58. The number of nitrogens with one attached hydrogen (secondary N) is 1. The highest BCUT2D eigenvalue weighted by Crippen LogP contribution is 2.25. The minimum absolute atomic E-state index is 0.0124. The van der Waals surface area contributed by atoms with Gasteiger partial charge < -0.3 is 10.2 Å². The topological polar surface area (TPSA) is 75.4 Å². The fourth-order valence-corrected chi connectivity index (χ4v) is 3.17. The summed E-state index contributed by atoms with van der Waals surface area (Å²) in [4.78, 5) is 18.8. The third kappa shape index (κ3) is 3.63. The number of pyridine rings is 1. The minimum atomic E-state index is -0.0763. The Balaban J connectivity index is 1.34. The molecule has 0 aromatic carbocycles. The van der Waals surface area contributed by atoms with Crippen LogP contribution in [0.2, 0.25) is 0 Å². The zero-order chi connectivity index (χ0) is 19.0. The van der Waals surface area contributed by atoms with Gasteiger partial charge in [0.25, 0.3) is 5.56 Å². The van der Waals surface area contributed by atoms with Crippen LogP contribution < -0.4 is 15.8 Å². The van der Waals surface area contributed by atoms with Crippen LogP contribution in [0.4, 0.5) is 11.6 Å². The maximum Gasteiger partial charge on any atom is 0.259 e. The average molecular weight is 364 g/mol. The molecule has 1 aliphatic rings. The van der Waals surface area contributed by atoms with Crippen molar-refractivity contribution < 1.29 is 0 Å². The highest BCUT2D eigenvalue weighted by molar-refractivity contribution is 5.47. The van der Waals surface area contributed by atoms with E-state index in [1.54, 1.807) is 12.3 Å². The first-order valence-electron chi connectivity index (χ1n) is 9.22. The molecule has 0 spiro atoms. The summed E-state index contributed by atoms with van der Waals surface area (Å²) in [6.45, 7) is 9.02. The molecule has 27 heavy (non-hydrogen) atoms. The lowest BCUT2D eigenvalue weighted by atomic mass is 9.92. The van der Waals surface area contributed by atoms with Gasteiger partial charge in [0.05, 0.1) is 5.69 Å². The molecule has 1 aliphatic heterocycles. The van der Waals surface area contributed by atoms with Gasteiger partial charge in [-0.2, -0.15) is 5.10 Å². The van der Waals surface area contributed by atoms with E-state index in [4.69, 9.17) is 0 Å². The third-order valence-corrected chi connectivity index (χ3v) is 4.84. The van der Waals surface area contributed by atoms with E-state index < -0.39 is 0 Å². The van der Waals surface area contributed by atoms with E-state index in [9.17, 15) is 4.79 Å². The van der Waals surface area contributed by atoms with Crippen molar-refractivity contribution in [2.75, 3.05) is 29.9 Å². The Labute approximate surface area is 158 Å².